The fraction of sp³-hybridized carbons (Fsp3) is 0.500. The molecule has 0 spiro atoms. The van der Waals surface area contributed by atoms with Gasteiger partial charge in [0.15, 0.2) is 5.78 Å². The Balaban J connectivity index is 1.16. The highest BCUT2D eigenvalue weighted by Crippen LogP contribution is 2.66. The van der Waals surface area contributed by atoms with Crippen LogP contribution in [0.3, 0.4) is 0 Å². The standard InChI is InChI=1S/C34H39FO2/c1-33-19-17-27(36)21-25(33)10-13-28-29-14-15-31(34(29,2)20-18-30(28)33)32(37)16-5-22-3-6-23(7-4-22)24-8-11-26(35)12-9-24/h3-12,16,27-31,36H,13-15,17-21H2,1-2H3/b16-5+/t27-,28-,29-,30-,31+,33-,34-/m0/s1. The first-order valence-corrected chi connectivity index (χ1v) is 14.2. The Morgan fingerprint density at radius 1 is 0.919 bits per heavy atom. The maximum atomic E-state index is 13.5. The molecule has 194 valence electrons. The third-order valence-corrected chi connectivity index (χ3v) is 10.9. The molecule has 4 aliphatic carbocycles. The van der Waals surface area contributed by atoms with Crippen molar-refractivity contribution < 1.29 is 14.3 Å². The predicted octanol–water partition coefficient (Wildman–Crippen LogP) is 8.01. The van der Waals surface area contributed by atoms with E-state index in [0.717, 1.165) is 61.6 Å². The van der Waals surface area contributed by atoms with E-state index in [4.69, 9.17) is 0 Å². The second kappa shape index (κ2) is 9.34. The predicted molar refractivity (Wildman–Crippen MR) is 147 cm³/mol. The number of ketones is 1. The van der Waals surface area contributed by atoms with Crippen molar-refractivity contribution in [2.75, 3.05) is 0 Å². The average Bonchev–Trinajstić information content (AvgIpc) is 3.26. The maximum absolute atomic E-state index is 13.5. The summed E-state index contributed by atoms with van der Waals surface area (Å²) in [6.45, 7) is 4.87. The molecule has 0 saturated heterocycles. The number of carbonyl (C=O) groups excluding carboxylic acids is 1. The minimum absolute atomic E-state index is 0.0882. The summed E-state index contributed by atoms with van der Waals surface area (Å²) < 4.78 is 13.2. The van der Waals surface area contributed by atoms with Gasteiger partial charge < -0.3 is 5.11 Å². The van der Waals surface area contributed by atoms with E-state index in [-0.39, 0.29) is 34.5 Å². The van der Waals surface area contributed by atoms with Crippen molar-refractivity contribution in [3.05, 3.63) is 77.6 Å². The van der Waals surface area contributed by atoms with Crippen molar-refractivity contribution in [3.8, 4) is 11.1 Å². The quantitative estimate of drug-likeness (QED) is 0.342. The SMILES string of the molecule is C[C@]12CC[C@H]3[C@@H](CC=C4C[C@@H](O)CC[C@@]43C)[C@@H]1CC[C@@H]2C(=O)/C=C/c1ccc(-c2ccc(F)cc2)cc1. The van der Waals surface area contributed by atoms with Crippen LogP contribution in [0.2, 0.25) is 0 Å². The maximum Gasteiger partial charge on any atom is 0.159 e. The molecule has 37 heavy (non-hydrogen) atoms. The summed E-state index contributed by atoms with van der Waals surface area (Å²) in [5.74, 6) is 2.14. The van der Waals surface area contributed by atoms with Crippen molar-refractivity contribution in [1.82, 2.24) is 0 Å². The number of aliphatic hydroxyl groups excluding tert-OH is 1. The van der Waals surface area contributed by atoms with Gasteiger partial charge in [-0.1, -0.05) is 68.0 Å². The number of fused-ring (bicyclic) bond motifs is 5. The van der Waals surface area contributed by atoms with E-state index < -0.39 is 0 Å². The molecule has 2 aromatic rings. The highest BCUT2D eigenvalue weighted by molar-refractivity contribution is 5.96. The van der Waals surface area contributed by atoms with Gasteiger partial charge in [0, 0.05) is 5.92 Å². The highest BCUT2D eigenvalue weighted by Gasteiger charge is 2.59. The van der Waals surface area contributed by atoms with Crippen molar-refractivity contribution in [2.45, 2.75) is 71.3 Å². The molecule has 0 aliphatic heterocycles. The van der Waals surface area contributed by atoms with Crippen LogP contribution in [0.15, 0.2) is 66.3 Å². The minimum Gasteiger partial charge on any atom is -0.393 e. The lowest BCUT2D eigenvalue weighted by Gasteiger charge is -2.57. The lowest BCUT2D eigenvalue weighted by atomic mass is 9.47. The number of carbonyl (C=O) groups is 1. The first-order chi connectivity index (χ1) is 17.8. The van der Waals surface area contributed by atoms with Crippen LogP contribution in [0.4, 0.5) is 4.39 Å². The van der Waals surface area contributed by atoms with Gasteiger partial charge >= 0.3 is 0 Å². The second-order valence-electron chi connectivity index (χ2n) is 12.7. The van der Waals surface area contributed by atoms with Crippen molar-refractivity contribution in [1.29, 1.82) is 0 Å². The number of hydrogen-bond donors (Lipinski definition) is 1. The molecule has 3 fully saturated rings. The van der Waals surface area contributed by atoms with E-state index in [1.165, 1.54) is 24.1 Å². The third kappa shape index (κ3) is 4.24. The summed E-state index contributed by atoms with van der Waals surface area (Å²) in [5.41, 5.74) is 4.88. The molecule has 0 heterocycles. The summed E-state index contributed by atoms with van der Waals surface area (Å²) in [4.78, 5) is 13.5. The van der Waals surface area contributed by atoms with Crippen molar-refractivity contribution in [3.63, 3.8) is 0 Å². The van der Waals surface area contributed by atoms with Crippen molar-refractivity contribution in [2.24, 2.45) is 34.5 Å². The molecule has 3 heteroatoms. The van der Waals surface area contributed by atoms with Crippen LogP contribution in [-0.2, 0) is 4.79 Å². The Bertz CT molecular complexity index is 1230. The topological polar surface area (TPSA) is 37.3 Å². The third-order valence-electron chi connectivity index (χ3n) is 10.9. The Morgan fingerprint density at radius 2 is 1.62 bits per heavy atom. The van der Waals surface area contributed by atoms with Gasteiger partial charge in [0.25, 0.3) is 0 Å². The first kappa shape index (κ1) is 24.8. The molecule has 0 bridgehead atoms. The van der Waals surface area contributed by atoms with E-state index >= 15 is 0 Å². The van der Waals surface area contributed by atoms with Crippen LogP contribution < -0.4 is 0 Å². The van der Waals surface area contributed by atoms with Crippen molar-refractivity contribution >= 4 is 11.9 Å². The highest BCUT2D eigenvalue weighted by atomic mass is 19.1. The molecule has 0 unspecified atom stereocenters. The largest absolute Gasteiger partial charge is 0.393 e. The number of rotatable bonds is 4. The molecule has 7 atom stereocenters. The summed E-state index contributed by atoms with van der Waals surface area (Å²) >= 11 is 0. The number of aliphatic hydroxyl groups is 1. The summed E-state index contributed by atoms with van der Waals surface area (Å²) in [6, 6.07) is 14.6. The lowest BCUT2D eigenvalue weighted by molar-refractivity contribution is -0.124. The smallest absolute Gasteiger partial charge is 0.159 e. The van der Waals surface area contributed by atoms with Gasteiger partial charge in [-0.2, -0.15) is 0 Å². The van der Waals surface area contributed by atoms with Crippen LogP contribution in [0.25, 0.3) is 17.2 Å². The normalized spacial score (nSPS) is 37.0. The Labute approximate surface area is 220 Å². The number of halogens is 1. The van der Waals surface area contributed by atoms with Crippen LogP contribution in [0.1, 0.15) is 70.8 Å². The van der Waals surface area contributed by atoms with Gasteiger partial charge in [-0.15, -0.1) is 0 Å². The van der Waals surface area contributed by atoms with Gasteiger partial charge in [-0.05, 0) is 115 Å². The number of benzene rings is 2. The summed E-state index contributed by atoms with van der Waals surface area (Å²) in [6.07, 6.45) is 14.6. The lowest BCUT2D eigenvalue weighted by Crippen LogP contribution is -2.50. The molecule has 6 rings (SSSR count). The first-order valence-electron chi connectivity index (χ1n) is 14.2. The second-order valence-corrected chi connectivity index (χ2v) is 12.7. The Kier molecular flexibility index (Phi) is 6.26. The van der Waals surface area contributed by atoms with E-state index in [9.17, 15) is 14.3 Å². The molecule has 1 N–H and O–H groups in total. The molecule has 0 radical (unpaired) electrons. The Hall–Kier alpha value is -2.52. The van der Waals surface area contributed by atoms with Gasteiger partial charge in [0.2, 0.25) is 0 Å². The zero-order chi connectivity index (χ0) is 25.8. The zero-order valence-corrected chi connectivity index (χ0v) is 22.1. The van der Waals surface area contributed by atoms with Crippen LogP contribution in [0, 0.1) is 40.3 Å². The van der Waals surface area contributed by atoms with Crippen LogP contribution >= 0.6 is 0 Å². The monoisotopic (exact) mass is 498 g/mol. The van der Waals surface area contributed by atoms with E-state index in [0.29, 0.717) is 17.8 Å². The molecule has 2 aromatic carbocycles. The van der Waals surface area contributed by atoms with E-state index in [1.54, 1.807) is 12.1 Å². The molecule has 3 saturated carbocycles. The van der Waals surface area contributed by atoms with Crippen LogP contribution in [0.5, 0.6) is 0 Å². The fourth-order valence-electron chi connectivity index (χ4n) is 8.83. The molecule has 0 aromatic heterocycles. The van der Waals surface area contributed by atoms with Gasteiger partial charge in [0.05, 0.1) is 6.10 Å². The minimum atomic E-state index is -0.231. The van der Waals surface area contributed by atoms with Gasteiger partial charge in [0.1, 0.15) is 5.82 Å². The average molecular weight is 499 g/mol. The van der Waals surface area contributed by atoms with E-state index in [2.05, 4.69) is 19.9 Å². The van der Waals surface area contributed by atoms with Gasteiger partial charge in [-0.25, -0.2) is 4.39 Å². The van der Waals surface area contributed by atoms with E-state index in [1.807, 2.05) is 36.4 Å². The summed E-state index contributed by atoms with van der Waals surface area (Å²) in [7, 11) is 0. The molecular weight excluding hydrogens is 459 g/mol. The van der Waals surface area contributed by atoms with Gasteiger partial charge in [-0.3, -0.25) is 4.79 Å². The molecule has 4 aliphatic rings. The fourth-order valence-corrected chi connectivity index (χ4v) is 8.83. The zero-order valence-electron chi connectivity index (χ0n) is 22.1. The molecular formula is C34H39FO2. The molecule has 0 amide bonds. The molecule has 2 nitrogen and oxygen atoms in total. The van der Waals surface area contributed by atoms with Crippen LogP contribution in [-0.4, -0.2) is 17.0 Å². The Morgan fingerprint density at radius 3 is 2.35 bits per heavy atom. The number of hydrogen-bond acceptors (Lipinski definition) is 2. The summed E-state index contributed by atoms with van der Waals surface area (Å²) in [5, 5.41) is 10.3. The number of allylic oxidation sites excluding steroid dienone is 2.